The molecule has 0 amide bonds. The lowest BCUT2D eigenvalue weighted by atomic mass is 10.0. The molecule has 0 atom stereocenters. The Balaban J connectivity index is 1.52. The van der Waals surface area contributed by atoms with Gasteiger partial charge in [0.25, 0.3) is 5.82 Å². The second-order valence-electron chi connectivity index (χ2n) is 7.49. The van der Waals surface area contributed by atoms with Gasteiger partial charge in [0.1, 0.15) is 11.6 Å². The largest absolute Gasteiger partial charge is 0.493 e. The highest BCUT2D eigenvalue weighted by Gasteiger charge is 2.21. The van der Waals surface area contributed by atoms with E-state index in [1.54, 1.807) is 35.0 Å². The molecule has 4 aromatic rings. The second kappa shape index (κ2) is 7.78. The molecule has 32 heavy (non-hydrogen) atoms. The molecule has 0 bridgehead atoms. The van der Waals surface area contributed by atoms with Crippen LogP contribution in [-0.2, 0) is 13.0 Å². The van der Waals surface area contributed by atoms with Gasteiger partial charge in [-0.3, -0.25) is 9.20 Å². The average molecular weight is 427 g/mol. The summed E-state index contributed by atoms with van der Waals surface area (Å²) in [6.07, 6.45) is 3.92. The number of anilines is 1. The summed E-state index contributed by atoms with van der Waals surface area (Å²) in [5.74, 6) is 1.07. The summed E-state index contributed by atoms with van der Waals surface area (Å²) < 4.78 is 21.7. The van der Waals surface area contributed by atoms with Gasteiger partial charge in [-0.2, -0.15) is 0 Å². The zero-order valence-electron chi connectivity index (χ0n) is 17.2. The zero-order chi connectivity index (χ0) is 22.2. The van der Waals surface area contributed by atoms with Crippen molar-refractivity contribution in [3.63, 3.8) is 0 Å². The van der Waals surface area contributed by atoms with Gasteiger partial charge in [0.05, 0.1) is 12.2 Å². The second-order valence-corrected chi connectivity index (χ2v) is 7.49. The van der Waals surface area contributed by atoms with Crippen molar-refractivity contribution in [2.75, 3.05) is 11.9 Å². The van der Waals surface area contributed by atoms with Gasteiger partial charge in [0.2, 0.25) is 11.6 Å². The molecule has 2 aromatic carbocycles. The van der Waals surface area contributed by atoms with Gasteiger partial charge in [-0.15, -0.1) is 0 Å². The van der Waals surface area contributed by atoms with Crippen LogP contribution in [0.2, 0.25) is 0 Å². The quantitative estimate of drug-likeness (QED) is 0.365. The van der Waals surface area contributed by atoms with Crippen LogP contribution in [0.15, 0.2) is 48.8 Å². The lowest BCUT2D eigenvalue weighted by Gasteiger charge is -2.12. The monoisotopic (exact) mass is 427 g/mol. The van der Waals surface area contributed by atoms with Crippen molar-refractivity contribution < 1.29 is 13.9 Å². The number of hydrogen-bond donors (Lipinski definition) is 1. The van der Waals surface area contributed by atoms with Crippen LogP contribution in [0.3, 0.4) is 0 Å². The molecule has 0 saturated carbocycles. The topological polar surface area (TPSA) is 72.9 Å². The van der Waals surface area contributed by atoms with Crippen LogP contribution in [0.25, 0.3) is 21.6 Å². The molecule has 2 aromatic heterocycles. The van der Waals surface area contributed by atoms with Gasteiger partial charge in [0.15, 0.2) is 5.78 Å². The van der Waals surface area contributed by atoms with Gasteiger partial charge in [0, 0.05) is 42.0 Å². The number of rotatable bonds is 5. The number of hydrogen-bond acceptors (Lipinski definition) is 5. The van der Waals surface area contributed by atoms with Crippen LogP contribution in [-0.4, -0.2) is 26.8 Å². The third kappa shape index (κ3) is 3.34. The van der Waals surface area contributed by atoms with Crippen molar-refractivity contribution in [1.82, 2.24) is 14.4 Å². The van der Waals surface area contributed by atoms with Crippen LogP contribution in [0.1, 0.15) is 28.4 Å². The number of ether oxygens (including phenoxy) is 1. The molecule has 0 saturated heterocycles. The molecule has 0 fully saturated rings. The Kier molecular flexibility index (Phi) is 4.79. The van der Waals surface area contributed by atoms with Crippen molar-refractivity contribution in [2.45, 2.75) is 19.9 Å². The fraction of sp³-hybridized carbons (Fsp3) is 0.167. The van der Waals surface area contributed by atoms with Crippen LogP contribution >= 0.6 is 0 Å². The Morgan fingerprint density at radius 3 is 2.84 bits per heavy atom. The first-order chi connectivity index (χ1) is 15.5. The highest BCUT2D eigenvalue weighted by Crippen LogP contribution is 2.32. The predicted octanol–water partition coefficient (Wildman–Crippen LogP) is 4.84. The Hall–Kier alpha value is -4.25. The van der Waals surface area contributed by atoms with E-state index < -0.39 is 0 Å². The van der Waals surface area contributed by atoms with E-state index >= 15 is 0 Å². The Morgan fingerprint density at radius 2 is 2.09 bits per heavy atom. The molecular weight excluding hydrogens is 409 g/mol. The van der Waals surface area contributed by atoms with E-state index in [1.165, 1.54) is 13.0 Å². The highest BCUT2D eigenvalue weighted by atomic mass is 19.1. The number of carbonyl (C=O) groups is 1. The molecule has 1 aliphatic heterocycles. The summed E-state index contributed by atoms with van der Waals surface area (Å²) >= 11 is 0. The van der Waals surface area contributed by atoms with Gasteiger partial charge >= 0.3 is 0 Å². The van der Waals surface area contributed by atoms with E-state index in [0.29, 0.717) is 41.5 Å². The molecule has 5 rings (SSSR count). The maximum atomic E-state index is 14.5. The number of nitrogens with zero attached hydrogens (tertiary/aromatic N) is 4. The summed E-state index contributed by atoms with van der Waals surface area (Å²) in [4.78, 5) is 24.0. The third-order valence-electron chi connectivity index (χ3n) is 5.56. The number of imidazole rings is 1. The Morgan fingerprint density at radius 1 is 1.28 bits per heavy atom. The van der Waals surface area contributed by atoms with Gasteiger partial charge in [-0.05, 0) is 24.6 Å². The molecule has 0 radical (unpaired) electrons. The number of ketones is 1. The van der Waals surface area contributed by atoms with Crippen molar-refractivity contribution in [1.29, 1.82) is 0 Å². The summed E-state index contributed by atoms with van der Waals surface area (Å²) in [7, 11) is 0. The Bertz CT molecular complexity index is 1400. The summed E-state index contributed by atoms with van der Waals surface area (Å²) in [6.45, 7) is 9.63. The van der Waals surface area contributed by atoms with Gasteiger partial charge in [-0.25, -0.2) is 9.37 Å². The normalized spacial score (nSPS) is 12.3. The number of benzene rings is 2. The van der Waals surface area contributed by atoms with Crippen LogP contribution in [0.4, 0.5) is 16.2 Å². The Labute approximate surface area is 183 Å². The lowest BCUT2D eigenvalue weighted by molar-refractivity contribution is 0.101. The number of fused-ring (bicyclic) bond motifs is 2. The molecule has 8 heteroatoms. The minimum absolute atomic E-state index is 0.0134. The zero-order valence-corrected chi connectivity index (χ0v) is 17.2. The SMILES string of the molecule is [C-]#[N+]c1cn2c(NCc3c(F)ccc4c3CCO4)ncc(-c3ccc(C(C)=O)cc3)c2n1. The molecule has 1 aliphatic rings. The first-order valence-electron chi connectivity index (χ1n) is 10.1. The lowest BCUT2D eigenvalue weighted by Crippen LogP contribution is -2.09. The van der Waals surface area contributed by atoms with Crippen molar-refractivity contribution in [3.8, 4) is 16.9 Å². The predicted molar refractivity (Wildman–Crippen MR) is 118 cm³/mol. The molecule has 0 unspecified atom stereocenters. The van der Waals surface area contributed by atoms with Crippen molar-refractivity contribution >= 4 is 23.2 Å². The maximum Gasteiger partial charge on any atom is 0.288 e. The molecule has 0 aliphatic carbocycles. The van der Waals surface area contributed by atoms with Gasteiger partial charge < -0.3 is 14.9 Å². The van der Waals surface area contributed by atoms with Crippen LogP contribution < -0.4 is 10.1 Å². The van der Waals surface area contributed by atoms with E-state index in [0.717, 1.165) is 16.7 Å². The summed E-state index contributed by atoms with van der Waals surface area (Å²) in [5, 5.41) is 3.18. The minimum atomic E-state index is -0.298. The minimum Gasteiger partial charge on any atom is -0.493 e. The molecule has 1 N–H and O–H groups in total. The average Bonchev–Trinajstić information content (AvgIpc) is 3.45. The summed E-state index contributed by atoms with van der Waals surface area (Å²) in [5.41, 5.74) is 4.12. The standard InChI is InChI=1S/C24H18FN5O2/c1-14(31)15-3-5-16(6-4-15)18-11-27-24(30-13-22(26-2)29-23(18)30)28-12-19-17-9-10-32-21(17)8-7-20(19)25/h3-8,11,13H,9-10,12H2,1H3,(H,27,28). The number of halogens is 1. The molecule has 158 valence electrons. The van der Waals surface area contributed by atoms with E-state index in [9.17, 15) is 9.18 Å². The van der Waals surface area contributed by atoms with Gasteiger partial charge in [-0.1, -0.05) is 35.8 Å². The van der Waals surface area contributed by atoms with Crippen molar-refractivity contribution in [3.05, 3.63) is 82.7 Å². The molecule has 7 nitrogen and oxygen atoms in total. The number of Topliss-reactive ketones (excluding diaryl/α,β-unsaturated/α-hetero) is 1. The maximum absolute atomic E-state index is 14.5. The fourth-order valence-corrected chi connectivity index (χ4v) is 3.91. The smallest absolute Gasteiger partial charge is 0.288 e. The van der Waals surface area contributed by atoms with Crippen LogP contribution in [0.5, 0.6) is 5.75 Å². The first-order valence-corrected chi connectivity index (χ1v) is 10.1. The fourth-order valence-electron chi connectivity index (χ4n) is 3.91. The molecule has 0 spiro atoms. The number of nitrogens with one attached hydrogen (secondary N) is 1. The van der Waals surface area contributed by atoms with E-state index in [-0.39, 0.29) is 24.0 Å². The molecule has 3 heterocycles. The van der Waals surface area contributed by atoms with E-state index in [2.05, 4.69) is 20.1 Å². The first kappa shape index (κ1) is 19.7. The number of carbonyl (C=O) groups excluding carboxylic acids is 1. The number of aromatic nitrogens is 3. The van der Waals surface area contributed by atoms with E-state index in [1.807, 2.05) is 12.1 Å². The highest BCUT2D eigenvalue weighted by molar-refractivity contribution is 5.94. The van der Waals surface area contributed by atoms with Crippen LogP contribution in [0, 0.1) is 12.4 Å². The third-order valence-corrected chi connectivity index (χ3v) is 5.56. The summed E-state index contributed by atoms with van der Waals surface area (Å²) in [6, 6.07) is 10.2. The van der Waals surface area contributed by atoms with Crippen molar-refractivity contribution in [2.24, 2.45) is 0 Å². The van der Waals surface area contributed by atoms with E-state index in [4.69, 9.17) is 11.3 Å². The molecular formula is C24H18FN5O2.